The van der Waals surface area contributed by atoms with Crippen molar-refractivity contribution >= 4 is 16.8 Å². The summed E-state index contributed by atoms with van der Waals surface area (Å²) in [4.78, 5) is 21.7. The van der Waals surface area contributed by atoms with Gasteiger partial charge in [-0.05, 0) is 50.3 Å². The number of aryl methyl sites for hydroxylation is 1. The molecule has 0 spiro atoms. The highest BCUT2D eigenvalue weighted by molar-refractivity contribution is 5.99. The van der Waals surface area contributed by atoms with Gasteiger partial charge >= 0.3 is 6.18 Å². The van der Waals surface area contributed by atoms with Crippen LogP contribution >= 0.6 is 0 Å². The number of benzene rings is 1. The summed E-state index contributed by atoms with van der Waals surface area (Å²) < 4.78 is 54.2. The molecular formula is C22H24F4N6O. The molecule has 5 rings (SSSR count). The van der Waals surface area contributed by atoms with Gasteiger partial charge in [-0.3, -0.25) is 9.69 Å². The summed E-state index contributed by atoms with van der Waals surface area (Å²) >= 11 is 0. The minimum Gasteiger partial charge on any atom is -0.350 e. The van der Waals surface area contributed by atoms with Gasteiger partial charge in [0, 0.05) is 24.0 Å². The molecule has 2 N–H and O–H groups in total. The maximum absolute atomic E-state index is 14.1. The highest BCUT2D eigenvalue weighted by Gasteiger charge is 2.39. The molecule has 2 atom stereocenters. The Morgan fingerprint density at radius 2 is 2.06 bits per heavy atom. The number of carbonyl (C=O) groups is 1. The first-order valence-electron chi connectivity index (χ1n) is 11.0. The number of hydrogen-bond acceptors (Lipinski definition) is 4. The maximum atomic E-state index is 14.1. The molecular weight excluding hydrogens is 440 g/mol. The second kappa shape index (κ2) is 8.12. The van der Waals surface area contributed by atoms with Crippen molar-refractivity contribution in [3.63, 3.8) is 0 Å². The third-order valence-electron chi connectivity index (χ3n) is 6.64. The molecule has 176 valence electrons. The van der Waals surface area contributed by atoms with Crippen LogP contribution in [0.3, 0.4) is 0 Å². The average Bonchev–Trinajstić information content (AvgIpc) is 3.41. The van der Waals surface area contributed by atoms with Crippen molar-refractivity contribution in [2.45, 2.75) is 64.0 Å². The third-order valence-corrected chi connectivity index (χ3v) is 6.64. The maximum Gasteiger partial charge on any atom is 0.453 e. The molecule has 0 radical (unpaired) electrons. The molecule has 2 aromatic heterocycles. The van der Waals surface area contributed by atoms with Gasteiger partial charge in [-0.15, -0.1) is 5.10 Å². The Morgan fingerprint density at radius 1 is 1.24 bits per heavy atom. The van der Waals surface area contributed by atoms with Gasteiger partial charge in [0.05, 0.1) is 18.6 Å². The minimum absolute atomic E-state index is 0.0702. The van der Waals surface area contributed by atoms with E-state index in [9.17, 15) is 22.4 Å². The molecule has 0 saturated heterocycles. The first kappa shape index (κ1) is 21.9. The standard InChI is InChI=1S/C22H24F4N6O/c1-12-5-6-16(23)15-10-17(28-19(12)15)20(33)27-13-3-2-4-14(9-13)31-7-8-32-18(11-31)29-21(30-32)22(24,25)26/h5-6,10,13-14,28H,2-4,7-9,11H2,1H3,(H,27,33)/t13-,14+/m1/s1. The number of carbonyl (C=O) groups excluding carboxylic acids is 1. The number of aromatic amines is 1. The largest absolute Gasteiger partial charge is 0.453 e. The monoisotopic (exact) mass is 464 g/mol. The number of nitrogens with zero attached hydrogens (tertiary/aromatic N) is 4. The molecule has 3 aromatic rings. The number of halogens is 4. The number of rotatable bonds is 3. The van der Waals surface area contributed by atoms with Gasteiger partial charge in [-0.25, -0.2) is 14.1 Å². The SMILES string of the molecule is Cc1ccc(F)c2cc(C(=O)N[C@@H]3CCC[C@H](N4CCn5nc(C(F)(F)F)nc5C4)C3)[nH]c12. The smallest absolute Gasteiger partial charge is 0.350 e. The van der Waals surface area contributed by atoms with Crippen molar-refractivity contribution in [2.24, 2.45) is 0 Å². The quantitative estimate of drug-likeness (QED) is 0.579. The van der Waals surface area contributed by atoms with Crippen LogP contribution in [0.25, 0.3) is 10.9 Å². The van der Waals surface area contributed by atoms with E-state index in [2.05, 4.69) is 25.3 Å². The van der Waals surface area contributed by atoms with Crippen molar-refractivity contribution in [3.8, 4) is 0 Å². The lowest BCUT2D eigenvalue weighted by atomic mass is 9.89. The summed E-state index contributed by atoms with van der Waals surface area (Å²) in [6.07, 6.45) is -1.24. The number of aromatic nitrogens is 4. The van der Waals surface area contributed by atoms with Crippen molar-refractivity contribution < 1.29 is 22.4 Å². The van der Waals surface area contributed by atoms with Crippen LogP contribution in [-0.2, 0) is 19.3 Å². The van der Waals surface area contributed by atoms with Crippen LogP contribution in [0.4, 0.5) is 17.6 Å². The van der Waals surface area contributed by atoms with Gasteiger partial charge in [0.1, 0.15) is 17.3 Å². The first-order chi connectivity index (χ1) is 15.7. The molecule has 1 aromatic carbocycles. The molecule has 1 fully saturated rings. The minimum atomic E-state index is -4.56. The second-order valence-corrected chi connectivity index (χ2v) is 8.87. The van der Waals surface area contributed by atoms with E-state index in [1.54, 1.807) is 6.07 Å². The summed E-state index contributed by atoms with van der Waals surface area (Å²) in [5.74, 6) is -1.45. The van der Waals surface area contributed by atoms with E-state index < -0.39 is 12.0 Å². The lowest BCUT2D eigenvalue weighted by Crippen LogP contribution is -2.48. The second-order valence-electron chi connectivity index (χ2n) is 8.87. The molecule has 0 unspecified atom stereocenters. The zero-order valence-corrected chi connectivity index (χ0v) is 18.0. The van der Waals surface area contributed by atoms with Gasteiger partial charge in [0.25, 0.3) is 11.7 Å². The zero-order valence-electron chi connectivity index (χ0n) is 18.0. The van der Waals surface area contributed by atoms with Crippen molar-refractivity contribution in [2.75, 3.05) is 6.54 Å². The van der Waals surface area contributed by atoms with Crippen LogP contribution in [0.1, 0.15) is 53.4 Å². The van der Waals surface area contributed by atoms with Crippen molar-refractivity contribution in [1.29, 1.82) is 0 Å². The van der Waals surface area contributed by atoms with E-state index in [-0.39, 0.29) is 23.8 Å². The van der Waals surface area contributed by atoms with Crippen LogP contribution in [0.2, 0.25) is 0 Å². The Balaban J connectivity index is 1.25. The Morgan fingerprint density at radius 3 is 2.82 bits per heavy atom. The Labute approximate surface area is 187 Å². The van der Waals surface area contributed by atoms with Crippen LogP contribution in [0.5, 0.6) is 0 Å². The number of nitrogens with one attached hydrogen (secondary N) is 2. The molecule has 1 amide bonds. The molecule has 33 heavy (non-hydrogen) atoms. The molecule has 0 bridgehead atoms. The van der Waals surface area contributed by atoms with Crippen molar-refractivity contribution in [1.82, 2.24) is 30.0 Å². The van der Waals surface area contributed by atoms with Crippen molar-refractivity contribution in [3.05, 3.63) is 46.9 Å². The van der Waals surface area contributed by atoms with E-state index in [1.807, 2.05) is 6.92 Å². The number of fused-ring (bicyclic) bond motifs is 2. The van der Waals surface area contributed by atoms with Crippen LogP contribution in [-0.4, -0.2) is 49.2 Å². The number of alkyl halides is 3. The molecule has 1 aliphatic carbocycles. The lowest BCUT2D eigenvalue weighted by molar-refractivity contribution is -0.145. The Kier molecular flexibility index (Phi) is 5.38. The van der Waals surface area contributed by atoms with Crippen LogP contribution in [0.15, 0.2) is 18.2 Å². The molecule has 3 heterocycles. The predicted octanol–water partition coefficient (Wildman–Crippen LogP) is 3.78. The van der Waals surface area contributed by atoms with Gasteiger partial charge in [-0.2, -0.15) is 13.2 Å². The van der Waals surface area contributed by atoms with E-state index in [0.717, 1.165) is 24.8 Å². The summed E-state index contributed by atoms with van der Waals surface area (Å²) in [6, 6.07) is 4.64. The highest BCUT2D eigenvalue weighted by Crippen LogP contribution is 2.30. The summed E-state index contributed by atoms with van der Waals surface area (Å²) in [5.41, 5.74) is 1.78. The molecule has 1 aliphatic heterocycles. The zero-order chi connectivity index (χ0) is 23.3. The average molecular weight is 464 g/mol. The van der Waals surface area contributed by atoms with E-state index >= 15 is 0 Å². The number of hydrogen-bond donors (Lipinski definition) is 2. The predicted molar refractivity (Wildman–Crippen MR) is 112 cm³/mol. The summed E-state index contributed by atoms with van der Waals surface area (Å²) in [7, 11) is 0. The fourth-order valence-corrected chi connectivity index (χ4v) is 4.92. The van der Waals surface area contributed by atoms with Gasteiger partial charge in [0.2, 0.25) is 0 Å². The molecule has 1 saturated carbocycles. The lowest BCUT2D eigenvalue weighted by Gasteiger charge is -2.39. The fraction of sp³-hybridized carbons (Fsp3) is 0.500. The van der Waals surface area contributed by atoms with Gasteiger partial charge in [0.15, 0.2) is 0 Å². The van der Waals surface area contributed by atoms with E-state index in [1.165, 1.54) is 16.8 Å². The summed E-state index contributed by atoms with van der Waals surface area (Å²) in [5, 5.41) is 7.02. The molecule has 2 aliphatic rings. The molecule has 7 nitrogen and oxygen atoms in total. The number of H-pyrrole nitrogens is 1. The third kappa shape index (κ3) is 4.21. The fourth-order valence-electron chi connectivity index (χ4n) is 4.92. The highest BCUT2D eigenvalue weighted by atomic mass is 19.4. The van der Waals surface area contributed by atoms with Crippen LogP contribution < -0.4 is 5.32 Å². The van der Waals surface area contributed by atoms with E-state index in [4.69, 9.17) is 0 Å². The van der Waals surface area contributed by atoms with E-state index in [0.29, 0.717) is 48.5 Å². The first-order valence-corrected chi connectivity index (χ1v) is 11.0. The topological polar surface area (TPSA) is 78.8 Å². The summed E-state index contributed by atoms with van der Waals surface area (Å²) in [6.45, 7) is 3.09. The Hall–Kier alpha value is -2.95. The van der Waals surface area contributed by atoms with Crippen LogP contribution in [0, 0.1) is 12.7 Å². The van der Waals surface area contributed by atoms with Gasteiger partial charge in [-0.1, -0.05) is 6.07 Å². The normalized spacial score (nSPS) is 21.8. The Bertz CT molecular complexity index is 1160. The van der Waals surface area contributed by atoms with Gasteiger partial charge < -0.3 is 10.3 Å². The molecule has 11 heteroatoms. The number of amides is 1.